The van der Waals surface area contributed by atoms with Crippen molar-refractivity contribution >= 4 is 0 Å². The Morgan fingerprint density at radius 3 is 1.89 bits per heavy atom. The third-order valence-electron chi connectivity index (χ3n) is 3.83. The van der Waals surface area contributed by atoms with Gasteiger partial charge in [-0.25, -0.2) is 0 Å². The first-order valence-corrected chi connectivity index (χ1v) is 6.23. The lowest BCUT2D eigenvalue weighted by Crippen LogP contribution is -2.57. The molecule has 2 N–H and O–H groups in total. The minimum absolute atomic E-state index is 0.0101. The molecule has 0 aromatic heterocycles. The highest BCUT2D eigenvalue weighted by atomic mass is 16.5. The second-order valence-electron chi connectivity index (χ2n) is 4.85. The van der Waals surface area contributed by atoms with Gasteiger partial charge in [0.25, 0.3) is 0 Å². The van der Waals surface area contributed by atoms with Gasteiger partial charge >= 0.3 is 0 Å². The molecule has 0 spiro atoms. The average molecular weight is 267 g/mol. The molecule has 2 rings (SSSR count). The monoisotopic (exact) mass is 267 g/mol. The molecule has 0 aliphatic carbocycles. The molecule has 0 radical (unpaired) electrons. The number of hydrogen-bond acceptors (Lipinski definition) is 5. The summed E-state index contributed by atoms with van der Waals surface area (Å²) in [5.74, 6) is 1.88. The smallest absolute Gasteiger partial charge is 0.203 e. The van der Waals surface area contributed by atoms with Crippen LogP contribution in [0.5, 0.6) is 17.2 Å². The molecule has 19 heavy (non-hydrogen) atoms. The third kappa shape index (κ3) is 2.13. The highest BCUT2D eigenvalue weighted by molar-refractivity contribution is 5.56. The van der Waals surface area contributed by atoms with Crippen LogP contribution in [0.3, 0.4) is 0 Å². The molecule has 5 heteroatoms. The molecule has 1 saturated heterocycles. The Hall–Kier alpha value is -1.46. The van der Waals surface area contributed by atoms with Crippen molar-refractivity contribution in [3.63, 3.8) is 0 Å². The van der Waals surface area contributed by atoms with Crippen LogP contribution in [0.2, 0.25) is 0 Å². The predicted octanol–water partition coefficient (Wildman–Crippen LogP) is 1.33. The summed E-state index contributed by atoms with van der Waals surface area (Å²) in [5.41, 5.74) is 7.01. The summed E-state index contributed by atoms with van der Waals surface area (Å²) < 4.78 is 21.4. The third-order valence-corrected chi connectivity index (χ3v) is 3.83. The normalized spacial score (nSPS) is 18.4. The van der Waals surface area contributed by atoms with E-state index in [2.05, 4.69) is 0 Å². The van der Waals surface area contributed by atoms with E-state index >= 15 is 0 Å². The van der Waals surface area contributed by atoms with Crippen molar-refractivity contribution in [1.29, 1.82) is 0 Å². The van der Waals surface area contributed by atoms with E-state index in [1.165, 1.54) is 0 Å². The summed E-state index contributed by atoms with van der Waals surface area (Å²) in [7, 11) is 4.81. The fraction of sp³-hybridized carbons (Fsp3) is 0.571. The maximum atomic E-state index is 6.13. The molecule has 1 atom stereocenters. The molecule has 0 saturated carbocycles. The first-order chi connectivity index (χ1) is 9.08. The van der Waals surface area contributed by atoms with Gasteiger partial charge in [0.2, 0.25) is 5.75 Å². The van der Waals surface area contributed by atoms with E-state index < -0.39 is 0 Å². The number of methoxy groups -OCH3 is 3. The number of nitrogens with two attached hydrogens (primary N) is 1. The van der Waals surface area contributed by atoms with Crippen LogP contribution in [0.15, 0.2) is 12.1 Å². The fourth-order valence-corrected chi connectivity index (χ4v) is 2.38. The lowest BCUT2D eigenvalue weighted by atomic mass is 9.73. The van der Waals surface area contributed by atoms with Crippen molar-refractivity contribution in [2.24, 2.45) is 5.73 Å². The van der Waals surface area contributed by atoms with Gasteiger partial charge in [0, 0.05) is 6.04 Å². The van der Waals surface area contributed by atoms with Crippen molar-refractivity contribution < 1.29 is 18.9 Å². The Morgan fingerprint density at radius 2 is 1.63 bits per heavy atom. The summed E-state index contributed by atoms with van der Waals surface area (Å²) in [5, 5.41) is 0. The molecule has 0 amide bonds. The molecule has 1 aliphatic heterocycles. The lowest BCUT2D eigenvalue weighted by molar-refractivity contribution is -0.0703. The molecule has 1 aromatic carbocycles. The Morgan fingerprint density at radius 1 is 1.11 bits per heavy atom. The van der Waals surface area contributed by atoms with Crippen LogP contribution in [0, 0.1) is 0 Å². The lowest BCUT2D eigenvalue weighted by Gasteiger charge is -2.45. The molecule has 1 heterocycles. The number of rotatable bonds is 5. The van der Waals surface area contributed by atoms with Gasteiger partial charge in [-0.05, 0) is 24.6 Å². The van der Waals surface area contributed by atoms with Gasteiger partial charge < -0.3 is 24.7 Å². The van der Waals surface area contributed by atoms with Gasteiger partial charge in [-0.2, -0.15) is 0 Å². The van der Waals surface area contributed by atoms with Gasteiger partial charge in [-0.15, -0.1) is 0 Å². The quantitative estimate of drug-likeness (QED) is 0.872. The topological polar surface area (TPSA) is 62.9 Å². The molecule has 1 aliphatic rings. The van der Waals surface area contributed by atoms with Gasteiger partial charge in [-0.3, -0.25) is 0 Å². The van der Waals surface area contributed by atoms with Crippen LogP contribution in [0.4, 0.5) is 0 Å². The van der Waals surface area contributed by atoms with Gasteiger partial charge in [-0.1, -0.05) is 0 Å². The van der Waals surface area contributed by atoms with Crippen LogP contribution >= 0.6 is 0 Å². The van der Waals surface area contributed by atoms with Crippen LogP contribution in [-0.4, -0.2) is 40.6 Å². The number of ether oxygens (including phenoxy) is 4. The zero-order valence-corrected chi connectivity index (χ0v) is 11.9. The first-order valence-electron chi connectivity index (χ1n) is 6.23. The highest BCUT2D eigenvalue weighted by Gasteiger charge is 2.44. The van der Waals surface area contributed by atoms with Crippen molar-refractivity contribution in [3.8, 4) is 17.2 Å². The summed E-state index contributed by atoms with van der Waals surface area (Å²) in [4.78, 5) is 0. The van der Waals surface area contributed by atoms with Gasteiger partial charge in [0.1, 0.15) is 0 Å². The zero-order valence-electron chi connectivity index (χ0n) is 11.9. The minimum Gasteiger partial charge on any atom is -0.493 e. The summed E-state index contributed by atoms with van der Waals surface area (Å²) in [6.07, 6.45) is 0. The Kier molecular flexibility index (Phi) is 3.87. The second-order valence-corrected chi connectivity index (χ2v) is 4.85. The van der Waals surface area contributed by atoms with Crippen LogP contribution in [0.1, 0.15) is 12.5 Å². The number of benzene rings is 1. The van der Waals surface area contributed by atoms with Crippen LogP contribution < -0.4 is 19.9 Å². The summed E-state index contributed by atoms with van der Waals surface area (Å²) in [6, 6.07) is 3.89. The Balaban J connectivity index is 2.52. The predicted molar refractivity (Wildman–Crippen MR) is 72.2 cm³/mol. The van der Waals surface area contributed by atoms with Crippen molar-refractivity contribution in [3.05, 3.63) is 17.7 Å². The van der Waals surface area contributed by atoms with Gasteiger partial charge in [0.05, 0.1) is 40.0 Å². The van der Waals surface area contributed by atoms with Crippen LogP contribution in [-0.2, 0) is 10.2 Å². The molecule has 1 aromatic rings. The molecular formula is C14H21NO4. The molecule has 106 valence electrons. The van der Waals surface area contributed by atoms with E-state index in [9.17, 15) is 0 Å². The van der Waals surface area contributed by atoms with E-state index in [1.54, 1.807) is 21.3 Å². The van der Waals surface area contributed by atoms with E-state index in [0.29, 0.717) is 30.5 Å². The SMILES string of the molecule is COc1cc(C2(C(C)N)COC2)cc(OC)c1OC. The summed E-state index contributed by atoms with van der Waals surface area (Å²) in [6.45, 7) is 3.22. The second kappa shape index (κ2) is 5.27. The molecule has 0 bridgehead atoms. The van der Waals surface area contributed by atoms with E-state index in [0.717, 1.165) is 5.56 Å². The first kappa shape index (κ1) is 14.0. The molecule has 1 unspecified atom stereocenters. The molecule has 5 nitrogen and oxygen atoms in total. The fourth-order valence-electron chi connectivity index (χ4n) is 2.38. The minimum atomic E-state index is -0.174. The van der Waals surface area contributed by atoms with Crippen molar-refractivity contribution in [1.82, 2.24) is 0 Å². The van der Waals surface area contributed by atoms with E-state index in [1.807, 2.05) is 19.1 Å². The maximum absolute atomic E-state index is 6.13. The largest absolute Gasteiger partial charge is 0.493 e. The average Bonchev–Trinajstić information content (AvgIpc) is 2.35. The van der Waals surface area contributed by atoms with E-state index in [-0.39, 0.29) is 11.5 Å². The van der Waals surface area contributed by atoms with Crippen LogP contribution in [0.25, 0.3) is 0 Å². The van der Waals surface area contributed by atoms with Crippen molar-refractivity contribution in [2.45, 2.75) is 18.4 Å². The maximum Gasteiger partial charge on any atom is 0.203 e. The highest BCUT2D eigenvalue weighted by Crippen LogP contribution is 2.44. The zero-order chi connectivity index (χ0) is 14.0. The molecular weight excluding hydrogens is 246 g/mol. The Bertz CT molecular complexity index is 430. The van der Waals surface area contributed by atoms with Crippen molar-refractivity contribution in [2.75, 3.05) is 34.5 Å². The number of hydrogen-bond donors (Lipinski definition) is 1. The van der Waals surface area contributed by atoms with Gasteiger partial charge in [0.15, 0.2) is 11.5 Å². The standard InChI is InChI=1S/C14H21NO4/c1-9(15)14(7-19-8-14)10-5-11(16-2)13(18-4)12(6-10)17-3/h5-6,9H,7-8,15H2,1-4H3. The molecule has 1 fully saturated rings. The summed E-state index contributed by atoms with van der Waals surface area (Å²) >= 11 is 0. The van der Waals surface area contributed by atoms with E-state index in [4.69, 9.17) is 24.7 Å². The Labute approximate surface area is 113 Å².